The first-order chi connectivity index (χ1) is 10.1. The van der Waals surface area contributed by atoms with E-state index < -0.39 is 0 Å². The van der Waals surface area contributed by atoms with Gasteiger partial charge < -0.3 is 9.64 Å². The van der Waals surface area contributed by atoms with Crippen LogP contribution in [0.3, 0.4) is 0 Å². The van der Waals surface area contributed by atoms with Gasteiger partial charge in [0.2, 0.25) is 5.91 Å². The summed E-state index contributed by atoms with van der Waals surface area (Å²) < 4.78 is 5.86. The highest BCUT2D eigenvalue weighted by Gasteiger charge is 2.38. The Kier molecular flexibility index (Phi) is 4.27. The number of ether oxygens (including phenoxy) is 1. The summed E-state index contributed by atoms with van der Waals surface area (Å²) in [5.74, 6) is 0.172. The minimum absolute atomic E-state index is 0.172. The van der Waals surface area contributed by atoms with E-state index in [0.29, 0.717) is 6.61 Å². The molecule has 0 unspecified atom stereocenters. The van der Waals surface area contributed by atoms with Crippen molar-refractivity contribution < 1.29 is 9.53 Å². The molecule has 0 saturated carbocycles. The molecule has 1 aromatic rings. The molecule has 0 radical (unpaired) electrons. The highest BCUT2D eigenvalue weighted by atomic mass is 16.5. The van der Waals surface area contributed by atoms with Gasteiger partial charge in [-0.1, -0.05) is 24.3 Å². The zero-order valence-corrected chi connectivity index (χ0v) is 12.9. The van der Waals surface area contributed by atoms with Gasteiger partial charge in [-0.3, -0.25) is 9.69 Å². The molecule has 2 aliphatic heterocycles. The first-order valence-electron chi connectivity index (χ1n) is 7.81. The molecular weight excluding hydrogens is 264 g/mol. The summed E-state index contributed by atoms with van der Waals surface area (Å²) >= 11 is 0. The summed E-state index contributed by atoms with van der Waals surface area (Å²) in [5, 5.41) is 0. The number of piperidine rings is 1. The zero-order valence-electron chi connectivity index (χ0n) is 12.9. The molecular formula is C17H24N2O2. The number of carbonyl (C=O) groups is 1. The minimum Gasteiger partial charge on any atom is -0.374 e. The summed E-state index contributed by atoms with van der Waals surface area (Å²) in [6.45, 7) is 8.16. The van der Waals surface area contributed by atoms with Crippen molar-refractivity contribution in [2.75, 3.05) is 26.2 Å². The molecule has 0 aromatic heterocycles. The highest BCUT2D eigenvalue weighted by molar-refractivity contribution is 5.73. The van der Waals surface area contributed by atoms with Crippen molar-refractivity contribution in [3.8, 4) is 0 Å². The van der Waals surface area contributed by atoms with Crippen LogP contribution >= 0.6 is 0 Å². The molecule has 0 N–H and O–H groups in total. The number of nitrogens with zero attached hydrogens (tertiary/aromatic N) is 2. The van der Waals surface area contributed by atoms with Gasteiger partial charge in [0.05, 0.1) is 18.8 Å². The van der Waals surface area contributed by atoms with E-state index in [-0.39, 0.29) is 18.1 Å². The molecule has 0 spiro atoms. The smallest absolute Gasteiger partial charge is 0.219 e. The maximum atomic E-state index is 11.8. The first kappa shape index (κ1) is 14.5. The maximum absolute atomic E-state index is 11.8. The van der Waals surface area contributed by atoms with Gasteiger partial charge in [-0.25, -0.2) is 0 Å². The minimum atomic E-state index is 0.172. The fourth-order valence-corrected chi connectivity index (χ4v) is 3.50. The van der Waals surface area contributed by atoms with Crippen LogP contribution in [0, 0.1) is 6.92 Å². The molecule has 2 fully saturated rings. The van der Waals surface area contributed by atoms with Crippen molar-refractivity contribution in [3.63, 3.8) is 0 Å². The molecule has 3 rings (SSSR count). The molecule has 0 bridgehead atoms. The van der Waals surface area contributed by atoms with E-state index in [4.69, 9.17) is 4.74 Å². The topological polar surface area (TPSA) is 32.8 Å². The maximum Gasteiger partial charge on any atom is 0.219 e. The first-order valence-corrected chi connectivity index (χ1v) is 7.81. The lowest BCUT2D eigenvalue weighted by Crippen LogP contribution is -2.60. The number of benzene rings is 1. The molecule has 1 amide bonds. The Bertz CT molecular complexity index is 517. The monoisotopic (exact) mass is 288 g/mol. The standard InChI is InChI=1S/C17H24N2O2/c1-13-5-3-4-6-15(13)11-18-8-7-17-16(12-18)19(14(2)20)9-10-21-17/h3-6,16-17H,7-12H2,1-2H3/t16-,17-/m0/s1. The Balaban J connectivity index is 1.69. The van der Waals surface area contributed by atoms with Crippen molar-refractivity contribution >= 4 is 5.91 Å². The second-order valence-electron chi connectivity index (χ2n) is 6.14. The number of hydrogen-bond acceptors (Lipinski definition) is 3. The van der Waals surface area contributed by atoms with Crippen molar-refractivity contribution in [2.24, 2.45) is 0 Å². The van der Waals surface area contributed by atoms with E-state index in [1.165, 1.54) is 11.1 Å². The summed E-state index contributed by atoms with van der Waals surface area (Å²) in [6, 6.07) is 8.75. The van der Waals surface area contributed by atoms with E-state index >= 15 is 0 Å². The number of amides is 1. The lowest BCUT2D eigenvalue weighted by molar-refractivity contribution is -0.150. The second kappa shape index (κ2) is 6.16. The fraction of sp³-hybridized carbons (Fsp3) is 0.588. The van der Waals surface area contributed by atoms with Gasteiger partial charge in [-0.2, -0.15) is 0 Å². The van der Waals surface area contributed by atoms with Gasteiger partial charge in [0.25, 0.3) is 0 Å². The SMILES string of the molecule is CC(=O)N1CCO[C@H]2CCN(Cc3ccccc3C)C[C@@H]21. The van der Waals surface area contributed by atoms with E-state index in [0.717, 1.165) is 32.6 Å². The van der Waals surface area contributed by atoms with E-state index in [1.54, 1.807) is 6.92 Å². The lowest BCUT2D eigenvalue weighted by Gasteiger charge is -2.46. The van der Waals surface area contributed by atoms with Gasteiger partial charge in [0.1, 0.15) is 0 Å². The zero-order chi connectivity index (χ0) is 14.8. The van der Waals surface area contributed by atoms with Gasteiger partial charge in [-0.15, -0.1) is 0 Å². The van der Waals surface area contributed by atoms with Gasteiger partial charge in [0.15, 0.2) is 0 Å². The number of likely N-dealkylation sites (tertiary alicyclic amines) is 1. The van der Waals surface area contributed by atoms with Crippen LogP contribution < -0.4 is 0 Å². The summed E-state index contributed by atoms with van der Waals surface area (Å²) in [5.41, 5.74) is 2.71. The molecule has 114 valence electrons. The number of carbonyl (C=O) groups excluding carboxylic acids is 1. The molecule has 1 aromatic carbocycles. The molecule has 2 atom stereocenters. The third-order valence-corrected chi connectivity index (χ3v) is 4.73. The fourth-order valence-electron chi connectivity index (χ4n) is 3.50. The average molecular weight is 288 g/mol. The Hall–Kier alpha value is -1.39. The Morgan fingerprint density at radius 1 is 1.33 bits per heavy atom. The average Bonchev–Trinajstić information content (AvgIpc) is 2.49. The van der Waals surface area contributed by atoms with E-state index in [1.807, 2.05) is 4.90 Å². The Labute approximate surface area is 126 Å². The Morgan fingerprint density at radius 3 is 2.90 bits per heavy atom. The predicted octanol–water partition coefficient (Wildman–Crippen LogP) is 1.82. The van der Waals surface area contributed by atoms with Crippen LogP contribution in [0.4, 0.5) is 0 Å². The molecule has 2 saturated heterocycles. The molecule has 2 aliphatic rings. The normalized spacial score (nSPS) is 26.5. The van der Waals surface area contributed by atoms with Gasteiger partial charge >= 0.3 is 0 Å². The van der Waals surface area contributed by atoms with Crippen LogP contribution in [0.5, 0.6) is 0 Å². The third kappa shape index (κ3) is 3.11. The quantitative estimate of drug-likeness (QED) is 0.832. The molecule has 2 heterocycles. The second-order valence-corrected chi connectivity index (χ2v) is 6.14. The third-order valence-electron chi connectivity index (χ3n) is 4.73. The summed E-state index contributed by atoms with van der Waals surface area (Å²) in [4.78, 5) is 16.3. The number of hydrogen-bond donors (Lipinski definition) is 0. The van der Waals surface area contributed by atoms with Crippen LogP contribution in [0.25, 0.3) is 0 Å². The van der Waals surface area contributed by atoms with Crippen LogP contribution in [-0.4, -0.2) is 54.1 Å². The number of fused-ring (bicyclic) bond motifs is 1. The van der Waals surface area contributed by atoms with Crippen LogP contribution in [0.15, 0.2) is 24.3 Å². The lowest BCUT2D eigenvalue weighted by atomic mass is 9.97. The van der Waals surface area contributed by atoms with Crippen molar-refractivity contribution in [2.45, 2.75) is 39.0 Å². The van der Waals surface area contributed by atoms with Crippen molar-refractivity contribution in [1.29, 1.82) is 0 Å². The summed E-state index contributed by atoms with van der Waals surface area (Å²) in [7, 11) is 0. The molecule has 21 heavy (non-hydrogen) atoms. The van der Waals surface area contributed by atoms with Gasteiger partial charge in [0, 0.05) is 33.1 Å². The highest BCUT2D eigenvalue weighted by Crippen LogP contribution is 2.24. The van der Waals surface area contributed by atoms with Crippen molar-refractivity contribution in [1.82, 2.24) is 9.80 Å². The van der Waals surface area contributed by atoms with Crippen LogP contribution in [-0.2, 0) is 16.1 Å². The van der Waals surface area contributed by atoms with Crippen LogP contribution in [0.1, 0.15) is 24.5 Å². The largest absolute Gasteiger partial charge is 0.374 e. The predicted molar refractivity (Wildman–Crippen MR) is 82.0 cm³/mol. The van der Waals surface area contributed by atoms with Gasteiger partial charge in [-0.05, 0) is 24.5 Å². The van der Waals surface area contributed by atoms with E-state index in [2.05, 4.69) is 36.1 Å². The Morgan fingerprint density at radius 2 is 2.14 bits per heavy atom. The van der Waals surface area contributed by atoms with Crippen LogP contribution in [0.2, 0.25) is 0 Å². The summed E-state index contributed by atoms with van der Waals surface area (Å²) in [6.07, 6.45) is 1.23. The molecule has 4 heteroatoms. The van der Waals surface area contributed by atoms with E-state index in [9.17, 15) is 4.79 Å². The molecule has 4 nitrogen and oxygen atoms in total. The number of morpholine rings is 1. The van der Waals surface area contributed by atoms with Crippen molar-refractivity contribution in [3.05, 3.63) is 35.4 Å². The number of aryl methyl sites for hydroxylation is 1. The number of rotatable bonds is 2. The molecule has 0 aliphatic carbocycles.